The van der Waals surface area contributed by atoms with Gasteiger partial charge in [-0.15, -0.1) is 10.2 Å². The van der Waals surface area contributed by atoms with Crippen molar-refractivity contribution in [3.8, 4) is 11.5 Å². The quantitative estimate of drug-likeness (QED) is 0.113. The zero-order valence-corrected chi connectivity index (χ0v) is 25.3. The molecule has 3 N–H and O–H groups in total. The molecule has 0 fully saturated rings. The van der Waals surface area contributed by atoms with Gasteiger partial charge in [0.15, 0.2) is 5.75 Å². The lowest BCUT2D eigenvalue weighted by Crippen LogP contribution is -2.03. The van der Waals surface area contributed by atoms with Crippen molar-refractivity contribution in [2.24, 2.45) is 20.5 Å². The highest BCUT2D eigenvalue weighted by Crippen LogP contribution is 2.40. The first-order valence-corrected chi connectivity index (χ1v) is 16.0. The van der Waals surface area contributed by atoms with E-state index in [0.717, 1.165) is 29.5 Å². The summed E-state index contributed by atoms with van der Waals surface area (Å²) in [5.41, 5.74) is 2.51. The van der Waals surface area contributed by atoms with Crippen LogP contribution in [0.4, 0.5) is 22.7 Å². The number of rotatable bonds is 8. The first-order valence-electron chi connectivity index (χ1n) is 13.1. The summed E-state index contributed by atoms with van der Waals surface area (Å²) in [7, 11) is -8.13. The van der Waals surface area contributed by atoms with Crippen molar-refractivity contribution < 1.29 is 35.8 Å². The van der Waals surface area contributed by atoms with Gasteiger partial charge in [-0.2, -0.15) is 27.1 Å². The molecule has 44 heavy (non-hydrogen) atoms. The van der Waals surface area contributed by atoms with Gasteiger partial charge in [-0.05, 0) is 60.2 Å². The molecule has 5 rings (SSSR count). The number of aryl methyl sites for hydroxylation is 2. The van der Waals surface area contributed by atoms with Crippen LogP contribution in [0.3, 0.4) is 0 Å². The molecule has 0 amide bonds. The number of azo groups is 2. The second-order valence-electron chi connectivity index (χ2n) is 9.80. The summed E-state index contributed by atoms with van der Waals surface area (Å²) in [5, 5.41) is 28.7. The monoisotopic (exact) mass is 634 g/mol. The average Bonchev–Trinajstić information content (AvgIpc) is 2.98. The highest BCUT2D eigenvalue weighted by molar-refractivity contribution is 7.86. The predicted octanol–water partition coefficient (Wildman–Crippen LogP) is 7.90. The maximum absolute atomic E-state index is 12.1. The number of nitrogens with zero attached hydrogens (tertiary/aromatic N) is 4. The Labute approximate surface area is 252 Å². The van der Waals surface area contributed by atoms with Gasteiger partial charge in [-0.3, -0.25) is 9.11 Å². The number of fused-ring (bicyclic) bond motifs is 2. The molecule has 0 saturated carbocycles. The molecule has 0 atom stereocenters. The van der Waals surface area contributed by atoms with Crippen molar-refractivity contribution in [3.05, 3.63) is 83.9 Å². The van der Waals surface area contributed by atoms with E-state index in [1.165, 1.54) is 31.4 Å². The summed E-state index contributed by atoms with van der Waals surface area (Å²) in [4.78, 5) is -1.17. The van der Waals surface area contributed by atoms with Crippen LogP contribution in [0.2, 0.25) is 0 Å². The summed E-state index contributed by atoms with van der Waals surface area (Å²) in [6.07, 6.45) is 0.871. The van der Waals surface area contributed by atoms with Crippen molar-refractivity contribution in [3.63, 3.8) is 0 Å². The number of phenols is 1. The second kappa shape index (κ2) is 11.7. The molecule has 0 radical (unpaired) electrons. The van der Waals surface area contributed by atoms with Crippen molar-refractivity contribution >= 4 is 64.5 Å². The molecule has 0 aliphatic carbocycles. The minimum absolute atomic E-state index is 0.00758. The Balaban J connectivity index is 1.52. The van der Waals surface area contributed by atoms with Crippen molar-refractivity contribution in [2.45, 2.75) is 30.1 Å². The highest BCUT2D eigenvalue weighted by atomic mass is 32.2. The van der Waals surface area contributed by atoms with Crippen LogP contribution in [0.5, 0.6) is 11.5 Å². The number of hydrogen-bond acceptors (Lipinski definition) is 10. The van der Waals surface area contributed by atoms with E-state index in [0.29, 0.717) is 22.3 Å². The highest BCUT2D eigenvalue weighted by Gasteiger charge is 2.21. The summed E-state index contributed by atoms with van der Waals surface area (Å²) >= 11 is 0. The van der Waals surface area contributed by atoms with Gasteiger partial charge >= 0.3 is 0 Å². The predicted molar refractivity (Wildman–Crippen MR) is 165 cm³/mol. The third-order valence-corrected chi connectivity index (χ3v) is 8.74. The van der Waals surface area contributed by atoms with Gasteiger partial charge in [-0.25, -0.2) is 0 Å². The molecule has 0 spiro atoms. The summed E-state index contributed by atoms with van der Waals surface area (Å²) < 4.78 is 73.0. The van der Waals surface area contributed by atoms with Crippen molar-refractivity contribution in [2.75, 3.05) is 7.11 Å². The maximum Gasteiger partial charge on any atom is 0.295 e. The fraction of sp³-hybridized carbons (Fsp3) is 0.133. The number of ether oxygens (including phenoxy) is 1. The second-order valence-corrected chi connectivity index (χ2v) is 12.6. The van der Waals surface area contributed by atoms with Crippen molar-refractivity contribution in [1.29, 1.82) is 0 Å². The van der Waals surface area contributed by atoms with Crippen LogP contribution in [-0.4, -0.2) is 38.2 Å². The van der Waals surface area contributed by atoms with Crippen LogP contribution in [0.25, 0.3) is 21.5 Å². The van der Waals surface area contributed by atoms with Crippen LogP contribution < -0.4 is 4.74 Å². The average molecular weight is 635 g/mol. The molecule has 0 heterocycles. The van der Waals surface area contributed by atoms with E-state index in [1.54, 1.807) is 19.1 Å². The summed E-state index contributed by atoms with van der Waals surface area (Å²) in [6, 6.07) is 18.3. The topological polar surface area (TPSA) is 188 Å². The largest absolute Gasteiger partial charge is 0.505 e. The van der Waals surface area contributed by atoms with E-state index >= 15 is 0 Å². The van der Waals surface area contributed by atoms with Gasteiger partial charge < -0.3 is 9.84 Å². The van der Waals surface area contributed by atoms with Gasteiger partial charge in [0.1, 0.15) is 26.9 Å². The molecule has 0 aliphatic rings. The third-order valence-electron chi connectivity index (χ3n) is 6.94. The SMILES string of the molecule is CCc1ccc2c(O)c(N=Nc3cc(C)c(N=Nc4cc(S(=O)(=O)O)c5cccc(S(=O)(=O)O)c5c4)cc3OC)ccc2c1. The summed E-state index contributed by atoms with van der Waals surface area (Å²) in [5.74, 6) is 0.263. The van der Waals surface area contributed by atoms with Gasteiger partial charge in [0, 0.05) is 22.2 Å². The first kappa shape index (κ1) is 30.7. The van der Waals surface area contributed by atoms with Gasteiger partial charge in [0.25, 0.3) is 20.2 Å². The van der Waals surface area contributed by atoms with Gasteiger partial charge in [0.2, 0.25) is 0 Å². The standard InChI is InChI=1S/C30H26N4O8S2/c1-4-18-8-10-21-19(13-18)9-11-24(30(21)35)32-34-26-12-17(2)25(16-27(26)42-3)33-31-20-14-23-22(29(15-20)44(39,40)41)6-5-7-28(23)43(36,37)38/h5-16,35H,4H2,1-3H3,(H,36,37,38)(H,39,40,41). The molecule has 12 nitrogen and oxygen atoms in total. The number of aromatic hydroxyl groups is 1. The molecular formula is C30H26N4O8S2. The molecule has 0 bridgehead atoms. The molecule has 0 aliphatic heterocycles. The number of hydrogen-bond donors (Lipinski definition) is 3. The Morgan fingerprint density at radius 1 is 0.705 bits per heavy atom. The molecule has 5 aromatic rings. The molecule has 0 unspecified atom stereocenters. The number of phenolic OH excluding ortho intramolecular Hbond substituents is 1. The lowest BCUT2D eigenvalue weighted by Gasteiger charge is -2.09. The third kappa shape index (κ3) is 6.14. The first-order chi connectivity index (χ1) is 20.8. The number of benzene rings is 5. The fourth-order valence-corrected chi connectivity index (χ4v) is 6.11. The van der Waals surface area contributed by atoms with E-state index in [1.807, 2.05) is 24.3 Å². The Morgan fingerprint density at radius 2 is 1.41 bits per heavy atom. The lowest BCUT2D eigenvalue weighted by atomic mass is 10.0. The van der Waals surface area contributed by atoms with Crippen LogP contribution >= 0.6 is 0 Å². The molecule has 0 saturated heterocycles. The van der Waals surface area contributed by atoms with Crippen LogP contribution in [0, 0.1) is 6.92 Å². The van der Waals surface area contributed by atoms with E-state index in [9.17, 15) is 31.0 Å². The zero-order valence-electron chi connectivity index (χ0n) is 23.6. The van der Waals surface area contributed by atoms with Crippen LogP contribution in [-0.2, 0) is 26.7 Å². The normalized spacial score (nSPS) is 12.6. The minimum atomic E-state index is -4.81. The fourth-order valence-electron chi connectivity index (χ4n) is 4.69. The summed E-state index contributed by atoms with van der Waals surface area (Å²) in [6.45, 7) is 3.77. The van der Waals surface area contributed by atoms with Crippen molar-refractivity contribution in [1.82, 2.24) is 0 Å². The van der Waals surface area contributed by atoms with Gasteiger partial charge in [-0.1, -0.05) is 43.3 Å². The molecular weight excluding hydrogens is 608 g/mol. The van der Waals surface area contributed by atoms with Gasteiger partial charge in [0.05, 0.1) is 18.5 Å². The Bertz CT molecular complexity index is 2230. The Kier molecular flexibility index (Phi) is 8.18. The molecule has 226 valence electrons. The molecule has 5 aromatic carbocycles. The van der Waals surface area contributed by atoms with Crippen LogP contribution in [0.1, 0.15) is 18.1 Å². The van der Waals surface area contributed by atoms with E-state index in [-0.39, 0.29) is 33.6 Å². The molecule has 14 heteroatoms. The van der Waals surface area contributed by atoms with E-state index in [2.05, 4.69) is 27.4 Å². The smallest absolute Gasteiger partial charge is 0.295 e. The Hall–Kier alpha value is -4.76. The minimum Gasteiger partial charge on any atom is -0.505 e. The maximum atomic E-state index is 12.1. The van der Waals surface area contributed by atoms with Crippen LogP contribution in [0.15, 0.2) is 103 Å². The lowest BCUT2D eigenvalue weighted by molar-refractivity contribution is 0.416. The Morgan fingerprint density at radius 3 is 2.09 bits per heavy atom. The molecule has 0 aromatic heterocycles. The zero-order chi connectivity index (χ0) is 31.8. The van der Waals surface area contributed by atoms with E-state index in [4.69, 9.17) is 4.74 Å². The number of methoxy groups -OCH3 is 1. The van der Waals surface area contributed by atoms with E-state index < -0.39 is 30.0 Å².